The van der Waals surface area contributed by atoms with Gasteiger partial charge in [0.05, 0.1) is 23.1 Å². The fourth-order valence-electron chi connectivity index (χ4n) is 3.75. The van der Waals surface area contributed by atoms with E-state index in [0.717, 1.165) is 22.3 Å². The van der Waals surface area contributed by atoms with Crippen LogP contribution in [-0.2, 0) is 4.79 Å². The second-order valence-corrected chi connectivity index (χ2v) is 6.82. The largest absolute Gasteiger partial charge is 0.457 e. The number of rotatable bonds is 3. The van der Waals surface area contributed by atoms with Crippen LogP contribution in [0.2, 0.25) is 0 Å². The fourth-order valence-corrected chi connectivity index (χ4v) is 3.75. The van der Waals surface area contributed by atoms with Gasteiger partial charge in [0.25, 0.3) is 0 Å². The van der Waals surface area contributed by atoms with Gasteiger partial charge >= 0.3 is 0 Å². The normalized spacial score (nSPS) is 18.0. The summed E-state index contributed by atoms with van der Waals surface area (Å²) >= 11 is 0. The molecule has 140 valence electrons. The Bertz CT molecular complexity index is 1260. The van der Waals surface area contributed by atoms with Gasteiger partial charge in [-0.3, -0.25) is 10.1 Å². The summed E-state index contributed by atoms with van der Waals surface area (Å²) in [5.41, 5.74) is 2.44. The highest BCUT2D eigenvalue weighted by Gasteiger charge is 2.38. The highest BCUT2D eigenvalue weighted by Crippen LogP contribution is 2.39. The summed E-state index contributed by atoms with van der Waals surface area (Å²) < 4.78 is 7.88. The first-order valence-corrected chi connectivity index (χ1v) is 9.25. The molecule has 1 N–H and O–H groups in total. The molecular formula is C23H16N4O2. The molecule has 0 saturated carbocycles. The minimum Gasteiger partial charge on any atom is -0.457 e. The number of aromatic nitrogens is 2. The molecule has 1 aliphatic heterocycles. The van der Waals surface area contributed by atoms with E-state index in [1.807, 2.05) is 83.4 Å². The number of nitrogens with one attached hydrogen (secondary N) is 1. The van der Waals surface area contributed by atoms with Crippen LogP contribution in [0.3, 0.4) is 0 Å². The Labute approximate surface area is 167 Å². The van der Waals surface area contributed by atoms with E-state index in [9.17, 15) is 10.1 Å². The number of hydrogen-bond donors (Lipinski definition) is 1. The second-order valence-electron chi connectivity index (χ2n) is 6.82. The van der Waals surface area contributed by atoms with Gasteiger partial charge in [-0.25, -0.2) is 4.98 Å². The summed E-state index contributed by atoms with van der Waals surface area (Å²) in [6.07, 6.45) is 0. The molecule has 5 rings (SSSR count). The zero-order valence-corrected chi connectivity index (χ0v) is 15.3. The summed E-state index contributed by atoms with van der Waals surface area (Å²) in [7, 11) is 0. The van der Waals surface area contributed by atoms with Gasteiger partial charge in [0.2, 0.25) is 11.9 Å². The number of para-hydroxylation sites is 3. The molecule has 0 bridgehead atoms. The minimum atomic E-state index is -0.882. The average molecular weight is 380 g/mol. The third kappa shape index (κ3) is 2.89. The molecule has 29 heavy (non-hydrogen) atoms. The molecule has 0 fully saturated rings. The van der Waals surface area contributed by atoms with Crippen molar-refractivity contribution >= 4 is 22.9 Å². The van der Waals surface area contributed by atoms with E-state index in [1.165, 1.54) is 0 Å². The van der Waals surface area contributed by atoms with Gasteiger partial charge in [-0.05, 0) is 42.0 Å². The number of benzene rings is 3. The second kappa shape index (κ2) is 6.80. The molecule has 6 heteroatoms. The molecule has 3 aromatic carbocycles. The van der Waals surface area contributed by atoms with E-state index in [2.05, 4.69) is 16.4 Å². The molecule has 0 radical (unpaired) electrons. The van der Waals surface area contributed by atoms with Crippen molar-refractivity contribution in [3.05, 3.63) is 84.4 Å². The Morgan fingerprint density at radius 1 is 0.966 bits per heavy atom. The Morgan fingerprint density at radius 2 is 1.72 bits per heavy atom. The van der Waals surface area contributed by atoms with Crippen molar-refractivity contribution in [2.75, 3.05) is 5.32 Å². The molecule has 0 saturated heterocycles. The molecule has 2 atom stereocenters. The summed E-state index contributed by atoms with van der Waals surface area (Å²) in [5.74, 6) is 0.572. The van der Waals surface area contributed by atoms with Gasteiger partial charge < -0.3 is 9.30 Å². The highest BCUT2D eigenvalue weighted by molar-refractivity contribution is 5.97. The van der Waals surface area contributed by atoms with Crippen molar-refractivity contribution in [3.8, 4) is 17.6 Å². The lowest BCUT2D eigenvalue weighted by atomic mass is 9.91. The van der Waals surface area contributed by atoms with Crippen LogP contribution >= 0.6 is 0 Å². The monoisotopic (exact) mass is 380 g/mol. The van der Waals surface area contributed by atoms with Crippen LogP contribution < -0.4 is 10.1 Å². The SMILES string of the molecule is N#C[C@H]1C(=O)Nc2nc3ccccc3n2[C@@H]1c1cccc(Oc2ccccc2)c1. The maximum atomic E-state index is 12.6. The first-order valence-electron chi connectivity index (χ1n) is 9.25. The van der Waals surface area contributed by atoms with Crippen molar-refractivity contribution < 1.29 is 9.53 Å². The number of imidazole rings is 1. The number of amides is 1. The topological polar surface area (TPSA) is 79.9 Å². The van der Waals surface area contributed by atoms with Crippen LogP contribution in [0.15, 0.2) is 78.9 Å². The summed E-state index contributed by atoms with van der Waals surface area (Å²) in [5, 5.41) is 12.5. The van der Waals surface area contributed by atoms with Gasteiger partial charge in [-0.15, -0.1) is 0 Å². The number of hydrogen-bond acceptors (Lipinski definition) is 4. The van der Waals surface area contributed by atoms with E-state index < -0.39 is 12.0 Å². The fraction of sp³-hybridized carbons (Fsp3) is 0.0870. The first kappa shape index (κ1) is 17.0. The molecule has 1 aromatic heterocycles. The van der Waals surface area contributed by atoms with E-state index in [1.54, 1.807) is 0 Å². The first-order chi connectivity index (χ1) is 14.2. The van der Waals surface area contributed by atoms with Crippen LogP contribution in [0.1, 0.15) is 11.6 Å². The third-order valence-electron chi connectivity index (χ3n) is 5.02. The van der Waals surface area contributed by atoms with Gasteiger partial charge in [-0.1, -0.05) is 42.5 Å². The Morgan fingerprint density at radius 3 is 2.55 bits per heavy atom. The number of nitriles is 1. The van der Waals surface area contributed by atoms with Crippen LogP contribution in [0.5, 0.6) is 11.5 Å². The molecule has 1 aliphatic rings. The lowest BCUT2D eigenvalue weighted by molar-refractivity contribution is -0.119. The van der Waals surface area contributed by atoms with Gasteiger partial charge in [-0.2, -0.15) is 5.26 Å². The standard InChI is InChI=1S/C23H16N4O2/c24-14-18-21(15-7-6-10-17(13-15)29-16-8-2-1-3-9-16)27-20-12-5-4-11-19(20)25-23(27)26-22(18)28/h1-13,18,21H,(H,25,26,28)/t18-,21-/m1/s1. The molecule has 4 aromatic rings. The van der Waals surface area contributed by atoms with Gasteiger partial charge in [0, 0.05) is 0 Å². The lowest BCUT2D eigenvalue weighted by Crippen LogP contribution is -2.37. The Balaban J connectivity index is 1.64. The minimum absolute atomic E-state index is 0.352. The number of anilines is 1. The Kier molecular flexibility index (Phi) is 3.99. The van der Waals surface area contributed by atoms with Gasteiger partial charge in [0.15, 0.2) is 5.92 Å². The molecule has 0 spiro atoms. The molecule has 1 amide bonds. The summed E-state index contributed by atoms with van der Waals surface area (Å²) in [4.78, 5) is 17.1. The molecule has 6 nitrogen and oxygen atoms in total. The zero-order valence-electron chi connectivity index (χ0n) is 15.3. The highest BCUT2D eigenvalue weighted by atomic mass is 16.5. The number of carbonyl (C=O) groups is 1. The molecular weight excluding hydrogens is 364 g/mol. The van der Waals surface area contributed by atoms with Crippen molar-refractivity contribution in [3.63, 3.8) is 0 Å². The van der Waals surface area contributed by atoms with Crippen LogP contribution in [0, 0.1) is 17.2 Å². The average Bonchev–Trinajstić information content (AvgIpc) is 3.11. The smallest absolute Gasteiger partial charge is 0.246 e. The Hall–Kier alpha value is -4.11. The van der Waals surface area contributed by atoms with Crippen LogP contribution in [0.4, 0.5) is 5.95 Å². The zero-order chi connectivity index (χ0) is 19.8. The predicted molar refractivity (Wildman–Crippen MR) is 109 cm³/mol. The number of nitrogens with zero attached hydrogens (tertiary/aromatic N) is 3. The quantitative estimate of drug-likeness (QED) is 0.567. The van der Waals surface area contributed by atoms with Gasteiger partial charge in [0.1, 0.15) is 11.5 Å². The number of carbonyl (C=O) groups excluding carboxylic acids is 1. The predicted octanol–water partition coefficient (Wildman–Crippen LogP) is 4.51. The summed E-state index contributed by atoms with van der Waals surface area (Å²) in [6.45, 7) is 0. The maximum absolute atomic E-state index is 12.6. The van der Waals surface area contributed by atoms with E-state index in [-0.39, 0.29) is 5.91 Å². The molecule has 0 aliphatic carbocycles. The van der Waals surface area contributed by atoms with Crippen molar-refractivity contribution in [1.82, 2.24) is 9.55 Å². The van der Waals surface area contributed by atoms with Crippen molar-refractivity contribution in [2.45, 2.75) is 6.04 Å². The van der Waals surface area contributed by atoms with Crippen LogP contribution in [-0.4, -0.2) is 15.5 Å². The van der Waals surface area contributed by atoms with E-state index in [4.69, 9.17) is 4.74 Å². The number of fused-ring (bicyclic) bond motifs is 3. The van der Waals surface area contributed by atoms with Crippen molar-refractivity contribution in [1.29, 1.82) is 5.26 Å². The van der Waals surface area contributed by atoms with E-state index in [0.29, 0.717) is 11.7 Å². The van der Waals surface area contributed by atoms with Crippen molar-refractivity contribution in [2.24, 2.45) is 5.92 Å². The third-order valence-corrected chi connectivity index (χ3v) is 5.02. The molecule has 0 unspecified atom stereocenters. The lowest BCUT2D eigenvalue weighted by Gasteiger charge is -2.30. The summed E-state index contributed by atoms with van der Waals surface area (Å²) in [6, 6.07) is 26.3. The molecule has 2 heterocycles. The maximum Gasteiger partial charge on any atom is 0.246 e. The number of ether oxygens (including phenoxy) is 1. The van der Waals surface area contributed by atoms with E-state index >= 15 is 0 Å². The van der Waals surface area contributed by atoms with Crippen LogP contribution in [0.25, 0.3) is 11.0 Å².